The Labute approximate surface area is 155 Å². The lowest BCUT2D eigenvalue weighted by Gasteiger charge is -2.13. The zero-order valence-corrected chi connectivity index (χ0v) is 14.6. The zero-order valence-electron chi connectivity index (χ0n) is 14.6. The van der Waals surface area contributed by atoms with Crippen LogP contribution in [0.3, 0.4) is 0 Å². The highest BCUT2D eigenvalue weighted by atomic mass is 16.5. The first-order valence-corrected chi connectivity index (χ1v) is 8.47. The van der Waals surface area contributed by atoms with Gasteiger partial charge in [-0.3, -0.25) is 9.59 Å². The average Bonchev–Trinajstić information content (AvgIpc) is 3.14. The standard InChI is InChI=1S/C20H17N3O4/c1-23-9-10-26-16-8-7-14(11-15(16)20(23)25)22-18(24)19-21-12-17(27-19)13-5-3-2-4-6-13/h2-8,11-12H,9-10H2,1H3,(H,22,24). The van der Waals surface area contributed by atoms with Gasteiger partial charge < -0.3 is 19.4 Å². The van der Waals surface area contributed by atoms with Gasteiger partial charge in [0.1, 0.15) is 12.4 Å². The van der Waals surface area contributed by atoms with Crippen molar-refractivity contribution in [1.82, 2.24) is 9.88 Å². The highest BCUT2D eigenvalue weighted by Crippen LogP contribution is 2.26. The molecule has 2 heterocycles. The number of nitrogens with one attached hydrogen (secondary N) is 1. The molecule has 7 nitrogen and oxygen atoms in total. The number of carbonyl (C=O) groups is 2. The Morgan fingerprint density at radius 3 is 2.81 bits per heavy atom. The van der Waals surface area contributed by atoms with Gasteiger partial charge in [0.05, 0.1) is 18.3 Å². The number of hydrogen-bond acceptors (Lipinski definition) is 5. The second-order valence-corrected chi connectivity index (χ2v) is 6.14. The third-order valence-corrected chi connectivity index (χ3v) is 4.26. The fourth-order valence-corrected chi connectivity index (χ4v) is 2.80. The van der Waals surface area contributed by atoms with Crippen molar-refractivity contribution in [2.45, 2.75) is 0 Å². The molecule has 0 saturated heterocycles. The number of carbonyl (C=O) groups excluding carboxylic acids is 2. The molecule has 1 aliphatic heterocycles. The minimum Gasteiger partial charge on any atom is -0.491 e. The number of aromatic nitrogens is 1. The molecule has 7 heteroatoms. The Morgan fingerprint density at radius 2 is 2.00 bits per heavy atom. The maximum absolute atomic E-state index is 12.4. The number of oxazole rings is 1. The van der Waals surface area contributed by atoms with Crippen molar-refractivity contribution < 1.29 is 18.7 Å². The molecule has 27 heavy (non-hydrogen) atoms. The Morgan fingerprint density at radius 1 is 1.19 bits per heavy atom. The fraction of sp³-hybridized carbons (Fsp3) is 0.150. The summed E-state index contributed by atoms with van der Waals surface area (Å²) in [6, 6.07) is 14.3. The lowest BCUT2D eigenvalue weighted by molar-refractivity contribution is 0.0796. The third-order valence-electron chi connectivity index (χ3n) is 4.26. The van der Waals surface area contributed by atoms with Crippen molar-refractivity contribution >= 4 is 17.5 Å². The topological polar surface area (TPSA) is 84.7 Å². The van der Waals surface area contributed by atoms with Crippen molar-refractivity contribution in [2.24, 2.45) is 0 Å². The molecule has 0 bridgehead atoms. The van der Waals surface area contributed by atoms with E-state index in [1.807, 2.05) is 30.3 Å². The van der Waals surface area contributed by atoms with E-state index in [-0.39, 0.29) is 11.8 Å². The quantitative estimate of drug-likeness (QED) is 0.773. The number of hydrogen-bond donors (Lipinski definition) is 1. The molecule has 1 N–H and O–H groups in total. The summed E-state index contributed by atoms with van der Waals surface area (Å²) in [6.45, 7) is 0.938. The van der Waals surface area contributed by atoms with Crippen LogP contribution in [0.4, 0.5) is 5.69 Å². The van der Waals surface area contributed by atoms with Crippen LogP contribution in [0.5, 0.6) is 5.75 Å². The third kappa shape index (κ3) is 3.39. The van der Waals surface area contributed by atoms with Gasteiger partial charge in [0.25, 0.3) is 11.8 Å². The number of nitrogens with zero attached hydrogens (tertiary/aromatic N) is 2. The molecule has 2 amide bonds. The van der Waals surface area contributed by atoms with Crippen LogP contribution in [0.2, 0.25) is 0 Å². The van der Waals surface area contributed by atoms with Crippen LogP contribution in [-0.2, 0) is 0 Å². The van der Waals surface area contributed by atoms with Crippen molar-refractivity contribution in [1.29, 1.82) is 0 Å². The Hall–Kier alpha value is -3.61. The van der Waals surface area contributed by atoms with Gasteiger partial charge in [-0.05, 0) is 18.2 Å². The van der Waals surface area contributed by atoms with Crippen LogP contribution >= 0.6 is 0 Å². The minimum atomic E-state index is -0.493. The highest BCUT2D eigenvalue weighted by molar-refractivity contribution is 6.03. The summed E-state index contributed by atoms with van der Waals surface area (Å²) in [6.07, 6.45) is 1.51. The normalized spacial score (nSPS) is 13.5. The molecular weight excluding hydrogens is 346 g/mol. The molecule has 0 saturated carbocycles. The zero-order chi connectivity index (χ0) is 18.8. The van der Waals surface area contributed by atoms with Crippen molar-refractivity contribution in [3.05, 3.63) is 66.2 Å². The molecule has 136 valence electrons. The molecule has 0 radical (unpaired) electrons. The molecule has 0 aliphatic carbocycles. The number of fused-ring (bicyclic) bond motifs is 1. The predicted octanol–water partition coefficient (Wildman–Crippen LogP) is 3.06. The van der Waals surface area contributed by atoms with Gasteiger partial charge in [-0.25, -0.2) is 4.98 Å². The first-order chi connectivity index (χ1) is 13.1. The highest BCUT2D eigenvalue weighted by Gasteiger charge is 2.22. The predicted molar refractivity (Wildman–Crippen MR) is 98.8 cm³/mol. The summed E-state index contributed by atoms with van der Waals surface area (Å²) in [5, 5.41) is 2.71. The maximum atomic E-state index is 12.4. The van der Waals surface area contributed by atoms with Crippen molar-refractivity contribution in [3.63, 3.8) is 0 Å². The van der Waals surface area contributed by atoms with Gasteiger partial charge in [0, 0.05) is 18.3 Å². The lowest BCUT2D eigenvalue weighted by atomic mass is 10.1. The van der Waals surface area contributed by atoms with Crippen molar-refractivity contribution in [3.8, 4) is 17.1 Å². The van der Waals surface area contributed by atoms with Crippen LogP contribution in [0, 0.1) is 0 Å². The molecule has 0 unspecified atom stereocenters. The van der Waals surface area contributed by atoms with Gasteiger partial charge in [-0.2, -0.15) is 0 Å². The average molecular weight is 363 g/mol. The second kappa shape index (κ2) is 6.95. The molecule has 4 rings (SSSR count). The van der Waals surface area contributed by atoms with Crippen LogP contribution in [0.15, 0.2) is 59.1 Å². The summed E-state index contributed by atoms with van der Waals surface area (Å²) in [4.78, 5) is 30.5. The van der Waals surface area contributed by atoms with E-state index in [2.05, 4.69) is 10.3 Å². The largest absolute Gasteiger partial charge is 0.491 e. The first-order valence-electron chi connectivity index (χ1n) is 8.47. The Bertz CT molecular complexity index is 997. The van der Waals surface area contributed by atoms with E-state index in [1.54, 1.807) is 30.1 Å². The smallest absolute Gasteiger partial charge is 0.311 e. The number of rotatable bonds is 3. The van der Waals surface area contributed by atoms with Gasteiger partial charge in [-0.1, -0.05) is 30.3 Å². The van der Waals surface area contributed by atoms with E-state index in [0.29, 0.717) is 35.9 Å². The molecule has 0 atom stereocenters. The van der Waals surface area contributed by atoms with Gasteiger partial charge >= 0.3 is 5.91 Å². The number of anilines is 1. The second-order valence-electron chi connectivity index (χ2n) is 6.14. The maximum Gasteiger partial charge on any atom is 0.311 e. The van der Waals surface area contributed by atoms with Crippen LogP contribution in [0.1, 0.15) is 21.0 Å². The summed E-state index contributed by atoms with van der Waals surface area (Å²) in [7, 11) is 1.71. The van der Waals surface area contributed by atoms with E-state index < -0.39 is 5.91 Å². The van der Waals surface area contributed by atoms with Gasteiger partial charge in [0.2, 0.25) is 0 Å². The van der Waals surface area contributed by atoms with Gasteiger partial charge in [-0.15, -0.1) is 0 Å². The van der Waals surface area contributed by atoms with E-state index in [9.17, 15) is 9.59 Å². The number of likely N-dealkylation sites (N-methyl/N-ethyl adjacent to an activating group) is 1. The van der Waals surface area contributed by atoms with Crippen molar-refractivity contribution in [2.75, 3.05) is 25.5 Å². The fourth-order valence-electron chi connectivity index (χ4n) is 2.80. The molecule has 2 aromatic carbocycles. The van der Waals surface area contributed by atoms with Crippen LogP contribution in [0.25, 0.3) is 11.3 Å². The molecule has 0 spiro atoms. The Kier molecular flexibility index (Phi) is 4.33. The number of benzene rings is 2. The monoisotopic (exact) mass is 363 g/mol. The van der Waals surface area contributed by atoms with Crippen LogP contribution in [-0.4, -0.2) is 41.9 Å². The van der Waals surface area contributed by atoms with E-state index in [4.69, 9.17) is 9.15 Å². The minimum absolute atomic E-state index is 0.0523. The number of ether oxygens (including phenoxy) is 1. The van der Waals surface area contributed by atoms with Gasteiger partial charge in [0.15, 0.2) is 5.76 Å². The molecular formula is C20H17N3O4. The summed E-state index contributed by atoms with van der Waals surface area (Å²) < 4.78 is 11.1. The van der Waals surface area contributed by atoms with E-state index in [1.165, 1.54) is 6.20 Å². The Balaban J connectivity index is 1.55. The molecule has 1 aliphatic rings. The van der Waals surface area contributed by atoms with E-state index >= 15 is 0 Å². The molecule has 0 fully saturated rings. The molecule has 1 aromatic heterocycles. The van der Waals surface area contributed by atoms with Crippen LogP contribution < -0.4 is 10.1 Å². The first kappa shape index (κ1) is 16.8. The number of amides is 2. The summed E-state index contributed by atoms with van der Waals surface area (Å²) in [5.74, 6) is 0.315. The summed E-state index contributed by atoms with van der Waals surface area (Å²) in [5.41, 5.74) is 1.70. The van der Waals surface area contributed by atoms with E-state index in [0.717, 1.165) is 5.56 Å². The molecule has 3 aromatic rings. The lowest BCUT2D eigenvalue weighted by Crippen LogP contribution is -2.27. The summed E-state index contributed by atoms with van der Waals surface area (Å²) >= 11 is 0. The SMILES string of the molecule is CN1CCOc2ccc(NC(=O)c3ncc(-c4ccccc4)o3)cc2C1=O.